The maximum Gasteiger partial charge on any atom is -0.0443 e. The van der Waals surface area contributed by atoms with E-state index in [1.165, 1.54) is 173 Å². The van der Waals surface area contributed by atoms with Crippen molar-refractivity contribution in [3.8, 4) is 0 Å². The summed E-state index contributed by atoms with van der Waals surface area (Å²) < 4.78 is 0. The molecule has 0 N–H and O–H groups in total. The first-order chi connectivity index (χ1) is 16.2. The van der Waals surface area contributed by atoms with Crippen molar-refractivity contribution in [3.63, 3.8) is 0 Å². The summed E-state index contributed by atoms with van der Waals surface area (Å²) in [6, 6.07) is 0. The maximum atomic E-state index is 2.50. The van der Waals surface area contributed by atoms with Crippen LogP contribution in [0.3, 0.4) is 0 Å². The lowest BCUT2D eigenvalue weighted by Gasteiger charge is -2.11. The first-order valence-corrected chi connectivity index (χ1v) is 16.2. The van der Waals surface area contributed by atoms with Crippen molar-refractivity contribution >= 4 is 0 Å². The van der Waals surface area contributed by atoms with Gasteiger partial charge in [0.25, 0.3) is 0 Å². The summed E-state index contributed by atoms with van der Waals surface area (Å²) in [6.07, 6.45) is 39.6. The Hall–Kier alpha value is 0. The normalized spacial score (nSPS) is 13.5. The van der Waals surface area contributed by atoms with E-state index in [2.05, 4.69) is 27.7 Å². The van der Waals surface area contributed by atoms with Gasteiger partial charge in [-0.2, -0.15) is 0 Å². The molecule has 2 atom stereocenters. The molecule has 0 spiro atoms. The lowest BCUT2D eigenvalue weighted by molar-refractivity contribution is 0.425. The fraction of sp³-hybridized carbons (Fsp3) is 1.00. The molecule has 0 heterocycles. The first kappa shape index (κ1) is 33.0. The van der Waals surface area contributed by atoms with Crippen molar-refractivity contribution in [1.29, 1.82) is 0 Å². The lowest BCUT2D eigenvalue weighted by atomic mass is 9.95. The van der Waals surface area contributed by atoms with Crippen LogP contribution >= 0.6 is 0 Å². The van der Waals surface area contributed by atoms with Gasteiger partial charge in [-0.25, -0.2) is 0 Å². The second-order valence-electron chi connectivity index (χ2n) is 11.8. The summed E-state index contributed by atoms with van der Waals surface area (Å²) >= 11 is 0. The van der Waals surface area contributed by atoms with Gasteiger partial charge in [-0.05, 0) is 11.8 Å². The zero-order valence-electron chi connectivity index (χ0n) is 24.2. The van der Waals surface area contributed by atoms with Crippen LogP contribution in [0.25, 0.3) is 0 Å². The maximum absolute atomic E-state index is 2.50. The molecule has 0 aliphatic heterocycles. The van der Waals surface area contributed by atoms with Gasteiger partial charge in [0.15, 0.2) is 0 Å². The van der Waals surface area contributed by atoms with Crippen LogP contribution in [0.1, 0.15) is 201 Å². The zero-order valence-corrected chi connectivity index (χ0v) is 24.2. The minimum Gasteiger partial charge on any atom is -0.0654 e. The summed E-state index contributed by atoms with van der Waals surface area (Å²) in [4.78, 5) is 0. The van der Waals surface area contributed by atoms with Crippen LogP contribution in [0, 0.1) is 11.8 Å². The van der Waals surface area contributed by atoms with Crippen molar-refractivity contribution in [1.82, 2.24) is 0 Å². The van der Waals surface area contributed by atoms with Gasteiger partial charge < -0.3 is 0 Å². The molecule has 0 aliphatic carbocycles. The third-order valence-corrected chi connectivity index (χ3v) is 7.99. The Labute approximate surface area is 212 Å². The Morgan fingerprint density at radius 3 is 0.667 bits per heavy atom. The standard InChI is InChI=1S/C33H68/c1-5-7-9-11-13-17-21-25-29-33(4)31-27-23-19-16-14-15-18-22-26-30-32(3)28-24-20-12-10-8-6-2/h32-33H,5-31H2,1-4H3. The van der Waals surface area contributed by atoms with Crippen LogP contribution in [0.15, 0.2) is 0 Å². The van der Waals surface area contributed by atoms with E-state index in [1.54, 1.807) is 0 Å². The molecule has 0 aromatic rings. The minimum absolute atomic E-state index is 0.966. The Morgan fingerprint density at radius 1 is 0.273 bits per heavy atom. The molecule has 0 rings (SSSR count). The van der Waals surface area contributed by atoms with Crippen LogP contribution in [0.4, 0.5) is 0 Å². The van der Waals surface area contributed by atoms with Gasteiger partial charge in [-0.3, -0.25) is 0 Å². The molecule has 0 nitrogen and oxygen atoms in total. The Kier molecular flexibility index (Phi) is 28.2. The molecule has 0 aromatic heterocycles. The molecule has 0 heteroatoms. The highest BCUT2D eigenvalue weighted by Crippen LogP contribution is 2.20. The van der Waals surface area contributed by atoms with Crippen molar-refractivity contribution in [2.75, 3.05) is 0 Å². The smallest absolute Gasteiger partial charge is 0.0443 e. The average molecular weight is 465 g/mol. The van der Waals surface area contributed by atoms with Crippen molar-refractivity contribution in [2.24, 2.45) is 11.8 Å². The molecule has 0 fully saturated rings. The molecule has 0 bridgehead atoms. The molecule has 0 amide bonds. The van der Waals surface area contributed by atoms with E-state index in [1.807, 2.05) is 0 Å². The number of rotatable bonds is 28. The number of hydrogen-bond acceptors (Lipinski definition) is 0. The van der Waals surface area contributed by atoms with Gasteiger partial charge in [0.1, 0.15) is 0 Å². The van der Waals surface area contributed by atoms with E-state index < -0.39 is 0 Å². The molecule has 200 valence electrons. The Morgan fingerprint density at radius 2 is 0.455 bits per heavy atom. The topological polar surface area (TPSA) is 0 Å². The van der Waals surface area contributed by atoms with Gasteiger partial charge in [-0.1, -0.05) is 201 Å². The molecule has 2 unspecified atom stereocenters. The van der Waals surface area contributed by atoms with Gasteiger partial charge in [0.05, 0.1) is 0 Å². The van der Waals surface area contributed by atoms with E-state index in [0.717, 1.165) is 11.8 Å². The van der Waals surface area contributed by atoms with Crippen molar-refractivity contribution in [3.05, 3.63) is 0 Å². The second kappa shape index (κ2) is 28.2. The summed E-state index contributed by atoms with van der Waals surface area (Å²) in [5.41, 5.74) is 0. The molecule has 0 saturated heterocycles. The minimum atomic E-state index is 0.966. The van der Waals surface area contributed by atoms with Gasteiger partial charge >= 0.3 is 0 Å². The van der Waals surface area contributed by atoms with Gasteiger partial charge in [0.2, 0.25) is 0 Å². The number of hydrogen-bond donors (Lipinski definition) is 0. The predicted octanol–water partition coefficient (Wildman–Crippen LogP) is 12.8. The van der Waals surface area contributed by atoms with E-state index in [9.17, 15) is 0 Å². The van der Waals surface area contributed by atoms with Crippen molar-refractivity contribution < 1.29 is 0 Å². The highest BCUT2D eigenvalue weighted by molar-refractivity contribution is 4.57. The highest BCUT2D eigenvalue weighted by atomic mass is 14.1. The van der Waals surface area contributed by atoms with Crippen LogP contribution < -0.4 is 0 Å². The molecule has 0 radical (unpaired) electrons. The molecule has 0 aliphatic rings. The number of unbranched alkanes of at least 4 members (excludes halogenated alkanes) is 20. The fourth-order valence-electron chi connectivity index (χ4n) is 5.41. The van der Waals surface area contributed by atoms with Crippen LogP contribution in [-0.4, -0.2) is 0 Å². The highest BCUT2D eigenvalue weighted by Gasteiger charge is 2.03. The summed E-state index contributed by atoms with van der Waals surface area (Å²) in [5, 5.41) is 0. The molecular weight excluding hydrogens is 396 g/mol. The average Bonchev–Trinajstić information content (AvgIpc) is 2.81. The fourth-order valence-corrected chi connectivity index (χ4v) is 5.41. The summed E-state index contributed by atoms with van der Waals surface area (Å²) in [7, 11) is 0. The first-order valence-electron chi connectivity index (χ1n) is 16.2. The quantitative estimate of drug-likeness (QED) is 0.101. The van der Waals surface area contributed by atoms with Crippen LogP contribution in [0.2, 0.25) is 0 Å². The van der Waals surface area contributed by atoms with Crippen molar-refractivity contribution in [2.45, 2.75) is 201 Å². The third kappa shape index (κ3) is 28.1. The van der Waals surface area contributed by atoms with E-state index in [4.69, 9.17) is 0 Å². The predicted molar refractivity (Wildman–Crippen MR) is 154 cm³/mol. The largest absolute Gasteiger partial charge is 0.0654 e. The monoisotopic (exact) mass is 465 g/mol. The SMILES string of the molecule is CCCCCCCCCCC(C)CCCCCCCCCCCC(C)CCCCCCCC. The van der Waals surface area contributed by atoms with E-state index in [-0.39, 0.29) is 0 Å². The molecule has 0 aromatic carbocycles. The molecular formula is C33H68. The molecule has 0 saturated carbocycles. The second-order valence-corrected chi connectivity index (χ2v) is 11.8. The van der Waals surface area contributed by atoms with Crippen LogP contribution in [0.5, 0.6) is 0 Å². The third-order valence-electron chi connectivity index (χ3n) is 7.99. The van der Waals surface area contributed by atoms with E-state index in [0.29, 0.717) is 0 Å². The van der Waals surface area contributed by atoms with Gasteiger partial charge in [0, 0.05) is 0 Å². The molecule has 33 heavy (non-hydrogen) atoms. The summed E-state index contributed by atoms with van der Waals surface area (Å²) in [6.45, 7) is 9.60. The zero-order chi connectivity index (χ0) is 24.2. The van der Waals surface area contributed by atoms with E-state index >= 15 is 0 Å². The Balaban J connectivity index is 3.21. The summed E-state index contributed by atoms with van der Waals surface area (Å²) in [5.74, 6) is 1.93. The Bertz CT molecular complexity index is 333. The lowest BCUT2D eigenvalue weighted by Crippen LogP contribution is -1.95. The van der Waals surface area contributed by atoms with Crippen LogP contribution in [-0.2, 0) is 0 Å². The van der Waals surface area contributed by atoms with Gasteiger partial charge in [-0.15, -0.1) is 0 Å².